The second-order valence-electron chi connectivity index (χ2n) is 7.30. The number of hydrogen-bond donors (Lipinski definition) is 0. The molecule has 4 amide bonds. The summed E-state index contributed by atoms with van der Waals surface area (Å²) in [5.74, 6) is -0.145. The third-order valence-corrected chi connectivity index (χ3v) is 5.81. The molecule has 27 heavy (non-hydrogen) atoms. The van der Waals surface area contributed by atoms with E-state index < -0.39 is 12.1 Å². The quantitative estimate of drug-likeness (QED) is 0.597. The van der Waals surface area contributed by atoms with E-state index in [2.05, 4.69) is 6.58 Å². The topological polar surface area (TPSA) is 82.6 Å². The summed E-state index contributed by atoms with van der Waals surface area (Å²) in [5, 5.41) is 0. The van der Waals surface area contributed by atoms with Gasteiger partial charge in [0.2, 0.25) is 11.8 Å². The van der Waals surface area contributed by atoms with Crippen LogP contribution >= 0.6 is 0 Å². The number of carbonyl (C=O) groups excluding carboxylic acids is 3. The molecular weight excluding hydrogens is 352 g/mol. The molecule has 0 radical (unpaired) electrons. The molecule has 4 rings (SSSR count). The summed E-state index contributed by atoms with van der Waals surface area (Å²) < 4.78 is 11.0. The van der Waals surface area contributed by atoms with E-state index in [1.807, 2.05) is 0 Å². The van der Waals surface area contributed by atoms with Crippen molar-refractivity contribution in [1.82, 2.24) is 19.6 Å². The molecule has 3 unspecified atom stereocenters. The Morgan fingerprint density at radius 1 is 1.07 bits per heavy atom. The van der Waals surface area contributed by atoms with Crippen LogP contribution in [0.15, 0.2) is 12.7 Å². The van der Waals surface area contributed by atoms with Gasteiger partial charge in [0.1, 0.15) is 12.1 Å². The number of ether oxygens (including phenoxy) is 2. The van der Waals surface area contributed by atoms with Crippen LogP contribution in [-0.2, 0) is 19.1 Å². The van der Waals surface area contributed by atoms with E-state index in [9.17, 15) is 14.4 Å². The monoisotopic (exact) mass is 378 g/mol. The van der Waals surface area contributed by atoms with Crippen molar-refractivity contribution >= 4 is 17.8 Å². The van der Waals surface area contributed by atoms with Crippen LogP contribution < -0.4 is 0 Å². The van der Waals surface area contributed by atoms with Crippen LogP contribution in [0.25, 0.3) is 0 Å². The van der Waals surface area contributed by atoms with Crippen molar-refractivity contribution in [3.05, 3.63) is 12.7 Å². The Morgan fingerprint density at radius 2 is 1.85 bits per heavy atom. The summed E-state index contributed by atoms with van der Waals surface area (Å²) in [4.78, 5) is 45.6. The van der Waals surface area contributed by atoms with Gasteiger partial charge >= 0.3 is 6.03 Å². The molecule has 148 valence electrons. The van der Waals surface area contributed by atoms with Gasteiger partial charge in [-0.3, -0.25) is 9.59 Å². The van der Waals surface area contributed by atoms with Crippen molar-refractivity contribution in [3.8, 4) is 0 Å². The Bertz CT molecular complexity index is 635. The number of rotatable bonds is 3. The molecule has 0 spiro atoms. The predicted molar refractivity (Wildman–Crippen MR) is 94.9 cm³/mol. The molecule has 9 nitrogen and oxygen atoms in total. The van der Waals surface area contributed by atoms with Gasteiger partial charge in [0, 0.05) is 32.7 Å². The first kappa shape index (κ1) is 18.2. The van der Waals surface area contributed by atoms with E-state index >= 15 is 0 Å². The molecule has 3 atom stereocenters. The van der Waals surface area contributed by atoms with Crippen LogP contribution in [-0.4, -0.2) is 115 Å². The highest BCUT2D eigenvalue weighted by Gasteiger charge is 2.54. The van der Waals surface area contributed by atoms with Crippen LogP contribution in [0.1, 0.15) is 6.42 Å². The SMILES string of the molecule is C=CCOC1CCN2C(=O)C3CN(C(=O)N4CCOCC4)CCN3C(=O)C12. The van der Waals surface area contributed by atoms with E-state index in [0.717, 1.165) is 0 Å². The number of amides is 4. The van der Waals surface area contributed by atoms with Crippen LogP contribution in [0.4, 0.5) is 4.79 Å². The number of urea groups is 1. The molecule has 4 saturated heterocycles. The zero-order valence-corrected chi connectivity index (χ0v) is 15.4. The van der Waals surface area contributed by atoms with Crippen molar-refractivity contribution in [1.29, 1.82) is 0 Å². The molecule has 0 N–H and O–H groups in total. The maximum atomic E-state index is 13.0. The van der Waals surface area contributed by atoms with Crippen molar-refractivity contribution < 1.29 is 23.9 Å². The second kappa shape index (κ2) is 7.47. The van der Waals surface area contributed by atoms with E-state index in [1.54, 1.807) is 25.7 Å². The highest BCUT2D eigenvalue weighted by atomic mass is 16.5. The van der Waals surface area contributed by atoms with Crippen molar-refractivity contribution in [3.63, 3.8) is 0 Å². The summed E-state index contributed by atoms with van der Waals surface area (Å²) in [6, 6.07) is -1.21. The maximum absolute atomic E-state index is 13.0. The minimum Gasteiger partial charge on any atom is -0.378 e. The first-order valence-electron chi connectivity index (χ1n) is 9.57. The highest BCUT2D eigenvalue weighted by Crippen LogP contribution is 2.31. The zero-order valence-electron chi connectivity index (χ0n) is 15.4. The molecule has 0 bridgehead atoms. The summed E-state index contributed by atoms with van der Waals surface area (Å²) >= 11 is 0. The van der Waals surface area contributed by atoms with E-state index in [4.69, 9.17) is 9.47 Å². The lowest BCUT2D eigenvalue weighted by Gasteiger charge is -2.48. The first-order chi connectivity index (χ1) is 13.1. The molecule has 0 aromatic heterocycles. The lowest BCUT2D eigenvalue weighted by atomic mass is 10.0. The summed E-state index contributed by atoms with van der Waals surface area (Å²) in [5.41, 5.74) is 0. The number of piperazine rings is 2. The lowest BCUT2D eigenvalue weighted by molar-refractivity contribution is -0.166. The van der Waals surface area contributed by atoms with Gasteiger partial charge in [0.15, 0.2) is 0 Å². The van der Waals surface area contributed by atoms with Crippen molar-refractivity contribution in [2.24, 2.45) is 0 Å². The molecule has 0 aromatic carbocycles. The molecular formula is C18H26N4O5. The van der Waals surface area contributed by atoms with E-state index in [1.165, 1.54) is 0 Å². The second-order valence-corrected chi connectivity index (χ2v) is 7.30. The number of nitrogens with zero attached hydrogens (tertiary/aromatic N) is 4. The fraction of sp³-hybridized carbons (Fsp3) is 0.722. The predicted octanol–water partition coefficient (Wildman–Crippen LogP) is -0.863. The molecule has 9 heteroatoms. The van der Waals surface area contributed by atoms with Gasteiger partial charge in [0.05, 0.1) is 32.5 Å². The Kier molecular flexibility index (Phi) is 5.05. The third kappa shape index (κ3) is 3.19. The maximum Gasteiger partial charge on any atom is 0.320 e. The van der Waals surface area contributed by atoms with Crippen LogP contribution in [0.5, 0.6) is 0 Å². The van der Waals surface area contributed by atoms with Crippen LogP contribution in [0.2, 0.25) is 0 Å². The van der Waals surface area contributed by atoms with E-state index in [0.29, 0.717) is 59.0 Å². The third-order valence-electron chi connectivity index (χ3n) is 5.81. The largest absolute Gasteiger partial charge is 0.378 e. The number of fused-ring (bicyclic) bond motifs is 2. The smallest absolute Gasteiger partial charge is 0.320 e. The van der Waals surface area contributed by atoms with Gasteiger partial charge in [-0.25, -0.2) is 4.79 Å². The number of hydrogen-bond acceptors (Lipinski definition) is 5. The molecule has 4 fully saturated rings. The van der Waals surface area contributed by atoms with Gasteiger partial charge in [-0.1, -0.05) is 6.08 Å². The number of morpholine rings is 1. The van der Waals surface area contributed by atoms with Gasteiger partial charge in [-0.15, -0.1) is 6.58 Å². The van der Waals surface area contributed by atoms with Gasteiger partial charge in [0.25, 0.3) is 0 Å². The van der Waals surface area contributed by atoms with Crippen molar-refractivity contribution in [2.45, 2.75) is 24.6 Å². The number of carbonyl (C=O) groups is 3. The van der Waals surface area contributed by atoms with Crippen LogP contribution in [0.3, 0.4) is 0 Å². The summed E-state index contributed by atoms with van der Waals surface area (Å²) in [7, 11) is 0. The fourth-order valence-corrected chi connectivity index (χ4v) is 4.42. The first-order valence-corrected chi connectivity index (χ1v) is 9.57. The molecule has 4 aliphatic rings. The molecule has 0 aromatic rings. The van der Waals surface area contributed by atoms with Gasteiger partial charge in [-0.2, -0.15) is 0 Å². The molecule has 0 aliphatic carbocycles. The highest BCUT2D eigenvalue weighted by molar-refractivity contribution is 5.98. The molecule has 4 heterocycles. The average Bonchev–Trinajstić information content (AvgIpc) is 3.14. The summed E-state index contributed by atoms with van der Waals surface area (Å²) in [6.45, 7) is 7.78. The standard InChI is InChI=1S/C18H26N4O5/c1-2-9-27-14-3-4-22-15(14)17(24)21-6-5-20(12-13(21)16(22)23)18(25)19-7-10-26-11-8-19/h2,13-15H,1,3-12H2. The summed E-state index contributed by atoms with van der Waals surface area (Å²) in [6.07, 6.45) is 2.01. The van der Waals surface area contributed by atoms with Gasteiger partial charge in [-0.05, 0) is 6.42 Å². The fourth-order valence-electron chi connectivity index (χ4n) is 4.42. The normalized spacial score (nSPS) is 31.0. The minimum atomic E-state index is -0.592. The van der Waals surface area contributed by atoms with E-state index in [-0.39, 0.29) is 30.5 Å². The van der Waals surface area contributed by atoms with Crippen LogP contribution in [0, 0.1) is 0 Å². The minimum absolute atomic E-state index is 0.0652. The molecule has 4 aliphatic heterocycles. The zero-order chi connectivity index (χ0) is 19.0. The average molecular weight is 378 g/mol. The van der Waals surface area contributed by atoms with Gasteiger partial charge < -0.3 is 29.1 Å². The Morgan fingerprint density at radius 3 is 2.59 bits per heavy atom. The lowest BCUT2D eigenvalue weighted by Crippen LogP contribution is -2.71. The Hall–Kier alpha value is -2.13. The Labute approximate surface area is 158 Å². The Balaban J connectivity index is 1.46. The molecule has 0 saturated carbocycles. The van der Waals surface area contributed by atoms with Crippen molar-refractivity contribution in [2.75, 3.05) is 59.1 Å².